The molecule has 1 saturated heterocycles. The summed E-state index contributed by atoms with van der Waals surface area (Å²) < 4.78 is 0. The Morgan fingerprint density at radius 2 is 2.05 bits per heavy atom. The second kappa shape index (κ2) is 3.93. The molecule has 2 N–H and O–H groups in total. The van der Waals surface area contributed by atoms with E-state index in [1.54, 1.807) is 30.0 Å². The Hall–Kier alpha value is -2.14. The predicted molar refractivity (Wildman–Crippen MR) is 71.1 cm³/mol. The van der Waals surface area contributed by atoms with Crippen molar-refractivity contribution < 1.29 is 9.90 Å². The highest BCUT2D eigenvalue weighted by Crippen LogP contribution is 2.24. The predicted octanol–water partition coefficient (Wildman–Crippen LogP) is 0.735. The summed E-state index contributed by atoms with van der Waals surface area (Å²) in [7, 11) is 0. The molecule has 3 rings (SSSR count). The number of nitrogens with one attached hydrogen (secondary N) is 1. The second-order valence-electron chi connectivity index (χ2n) is 5.25. The van der Waals surface area contributed by atoms with Crippen molar-refractivity contribution >= 4 is 16.8 Å². The van der Waals surface area contributed by atoms with Crippen molar-refractivity contribution in [1.29, 1.82) is 0 Å². The van der Waals surface area contributed by atoms with Gasteiger partial charge < -0.3 is 15.0 Å². The van der Waals surface area contributed by atoms with Crippen molar-refractivity contribution in [3.63, 3.8) is 0 Å². The van der Waals surface area contributed by atoms with Gasteiger partial charge in [0.25, 0.3) is 5.91 Å². The molecule has 1 aliphatic rings. The highest BCUT2D eigenvalue weighted by Gasteiger charge is 2.40. The van der Waals surface area contributed by atoms with E-state index in [2.05, 4.69) is 4.98 Å². The zero-order valence-corrected chi connectivity index (χ0v) is 10.5. The third-order valence-corrected chi connectivity index (χ3v) is 3.33. The lowest BCUT2D eigenvalue weighted by molar-refractivity contribution is -0.0668. The van der Waals surface area contributed by atoms with Crippen LogP contribution in [0.2, 0.25) is 0 Å². The first-order valence-electron chi connectivity index (χ1n) is 6.10. The van der Waals surface area contributed by atoms with Crippen molar-refractivity contribution in [1.82, 2.24) is 9.88 Å². The molecule has 2 heterocycles. The van der Waals surface area contributed by atoms with E-state index in [1.165, 1.54) is 6.07 Å². The number of pyridine rings is 1. The van der Waals surface area contributed by atoms with Crippen molar-refractivity contribution in [2.45, 2.75) is 12.5 Å². The van der Waals surface area contributed by atoms with Gasteiger partial charge in [0, 0.05) is 17.0 Å². The molecule has 2 aromatic rings. The molecular formula is C14H14N2O3. The number of aliphatic hydroxyl groups is 1. The molecule has 1 aromatic carbocycles. The zero-order chi connectivity index (χ0) is 13.6. The molecule has 5 heteroatoms. The molecule has 0 unspecified atom stereocenters. The number of para-hydroxylation sites is 1. The Morgan fingerprint density at radius 1 is 1.37 bits per heavy atom. The van der Waals surface area contributed by atoms with Crippen LogP contribution in [0.15, 0.2) is 35.1 Å². The topological polar surface area (TPSA) is 73.4 Å². The van der Waals surface area contributed by atoms with Crippen LogP contribution in [-0.4, -0.2) is 39.6 Å². The molecule has 19 heavy (non-hydrogen) atoms. The third-order valence-electron chi connectivity index (χ3n) is 3.33. The Bertz CT molecular complexity index is 710. The number of carbonyl (C=O) groups is 1. The SMILES string of the molecule is CC1(O)CN(C(=O)c2cc(=O)[nH]c3ccccc23)C1. The summed E-state index contributed by atoms with van der Waals surface area (Å²) in [6.45, 7) is 2.28. The van der Waals surface area contributed by atoms with E-state index in [0.29, 0.717) is 24.2 Å². The van der Waals surface area contributed by atoms with Gasteiger partial charge in [-0.3, -0.25) is 9.59 Å². The van der Waals surface area contributed by atoms with E-state index in [9.17, 15) is 14.7 Å². The van der Waals surface area contributed by atoms with Crippen LogP contribution in [0.5, 0.6) is 0 Å². The van der Waals surface area contributed by atoms with Gasteiger partial charge in [0.2, 0.25) is 5.56 Å². The lowest BCUT2D eigenvalue weighted by Crippen LogP contribution is -2.61. The van der Waals surface area contributed by atoms with Crippen molar-refractivity contribution in [3.05, 3.63) is 46.2 Å². The smallest absolute Gasteiger partial charge is 0.254 e. The number of β-amino-alcohol motifs (C(OH)–C–C–N with tert-alkyl or cyclic N) is 1. The van der Waals surface area contributed by atoms with Gasteiger partial charge in [-0.2, -0.15) is 0 Å². The van der Waals surface area contributed by atoms with Gasteiger partial charge in [0.1, 0.15) is 0 Å². The van der Waals surface area contributed by atoms with Crippen LogP contribution >= 0.6 is 0 Å². The average Bonchev–Trinajstić information content (AvgIpc) is 2.34. The summed E-state index contributed by atoms with van der Waals surface area (Å²) >= 11 is 0. The Kier molecular flexibility index (Phi) is 2.46. The van der Waals surface area contributed by atoms with Gasteiger partial charge in [0.05, 0.1) is 24.3 Å². The Morgan fingerprint density at radius 3 is 2.74 bits per heavy atom. The lowest BCUT2D eigenvalue weighted by atomic mass is 9.95. The van der Waals surface area contributed by atoms with E-state index < -0.39 is 5.60 Å². The molecular weight excluding hydrogens is 244 g/mol. The fraction of sp³-hybridized carbons (Fsp3) is 0.286. The Balaban J connectivity index is 2.05. The summed E-state index contributed by atoms with van der Waals surface area (Å²) in [4.78, 5) is 28.2. The quantitative estimate of drug-likeness (QED) is 0.792. The standard InChI is InChI=1S/C14H14N2O3/c1-14(19)7-16(8-14)13(18)10-6-12(17)15-11-5-3-2-4-9(10)11/h2-6,19H,7-8H2,1H3,(H,15,17). The maximum absolute atomic E-state index is 12.3. The first-order valence-corrected chi connectivity index (χ1v) is 6.10. The number of amides is 1. The molecule has 5 nitrogen and oxygen atoms in total. The molecule has 1 aliphatic heterocycles. The first-order chi connectivity index (χ1) is 8.96. The number of likely N-dealkylation sites (tertiary alicyclic amines) is 1. The number of nitrogens with zero attached hydrogens (tertiary/aromatic N) is 1. The van der Waals surface area contributed by atoms with E-state index in [-0.39, 0.29) is 11.5 Å². The van der Waals surface area contributed by atoms with Gasteiger partial charge in [0.15, 0.2) is 0 Å². The summed E-state index contributed by atoms with van der Waals surface area (Å²) in [5, 5.41) is 10.4. The fourth-order valence-corrected chi connectivity index (χ4v) is 2.47. The van der Waals surface area contributed by atoms with Gasteiger partial charge in [-0.05, 0) is 13.0 Å². The van der Waals surface area contributed by atoms with Crippen molar-refractivity contribution in [2.24, 2.45) is 0 Å². The highest BCUT2D eigenvalue weighted by atomic mass is 16.3. The van der Waals surface area contributed by atoms with Crippen LogP contribution in [0.25, 0.3) is 10.9 Å². The van der Waals surface area contributed by atoms with Crippen LogP contribution in [0.4, 0.5) is 0 Å². The van der Waals surface area contributed by atoms with Gasteiger partial charge >= 0.3 is 0 Å². The van der Waals surface area contributed by atoms with Gasteiger partial charge in [-0.15, -0.1) is 0 Å². The molecule has 98 valence electrons. The van der Waals surface area contributed by atoms with E-state index >= 15 is 0 Å². The summed E-state index contributed by atoms with van der Waals surface area (Å²) in [5.74, 6) is -0.214. The lowest BCUT2D eigenvalue weighted by Gasteiger charge is -2.44. The van der Waals surface area contributed by atoms with Gasteiger partial charge in [-0.25, -0.2) is 0 Å². The van der Waals surface area contributed by atoms with Crippen LogP contribution in [0.1, 0.15) is 17.3 Å². The number of H-pyrrole nitrogens is 1. The minimum atomic E-state index is -0.813. The fourth-order valence-electron chi connectivity index (χ4n) is 2.47. The van der Waals surface area contributed by atoms with Crippen LogP contribution in [0.3, 0.4) is 0 Å². The molecule has 1 fully saturated rings. The minimum absolute atomic E-state index is 0.214. The zero-order valence-electron chi connectivity index (χ0n) is 10.5. The molecule has 0 radical (unpaired) electrons. The van der Waals surface area contributed by atoms with Crippen LogP contribution < -0.4 is 5.56 Å². The monoisotopic (exact) mass is 258 g/mol. The van der Waals surface area contributed by atoms with E-state index in [0.717, 1.165) is 5.39 Å². The summed E-state index contributed by atoms with van der Waals surface area (Å²) in [6, 6.07) is 8.51. The number of fused-ring (bicyclic) bond motifs is 1. The molecule has 0 aliphatic carbocycles. The Labute approximate surface area is 109 Å². The molecule has 1 aromatic heterocycles. The molecule has 0 atom stereocenters. The average molecular weight is 258 g/mol. The number of aromatic amines is 1. The first kappa shape index (κ1) is 11.9. The van der Waals surface area contributed by atoms with Crippen LogP contribution in [0, 0.1) is 0 Å². The van der Waals surface area contributed by atoms with Crippen molar-refractivity contribution in [3.8, 4) is 0 Å². The third kappa shape index (κ3) is 2.02. The maximum atomic E-state index is 12.3. The number of hydrogen-bond donors (Lipinski definition) is 2. The molecule has 1 amide bonds. The number of hydrogen-bond acceptors (Lipinski definition) is 3. The van der Waals surface area contributed by atoms with E-state index in [1.807, 2.05) is 6.07 Å². The molecule has 0 bridgehead atoms. The number of rotatable bonds is 1. The van der Waals surface area contributed by atoms with Crippen molar-refractivity contribution in [2.75, 3.05) is 13.1 Å². The number of benzene rings is 1. The largest absolute Gasteiger partial charge is 0.386 e. The van der Waals surface area contributed by atoms with Gasteiger partial charge in [-0.1, -0.05) is 18.2 Å². The van der Waals surface area contributed by atoms with E-state index in [4.69, 9.17) is 0 Å². The molecule has 0 saturated carbocycles. The van der Waals surface area contributed by atoms with Crippen LogP contribution in [-0.2, 0) is 0 Å². The summed E-state index contributed by atoms with van der Waals surface area (Å²) in [5.41, 5.74) is -0.0815. The number of carbonyl (C=O) groups excluding carboxylic acids is 1. The highest BCUT2D eigenvalue weighted by molar-refractivity contribution is 6.06. The second-order valence-corrected chi connectivity index (χ2v) is 5.25. The summed E-state index contributed by atoms with van der Waals surface area (Å²) in [6.07, 6.45) is 0. The number of aromatic nitrogens is 1. The minimum Gasteiger partial charge on any atom is -0.386 e. The normalized spacial score (nSPS) is 17.3. The maximum Gasteiger partial charge on any atom is 0.254 e. The molecule has 0 spiro atoms.